The largest absolute Gasteiger partial charge is 0.297 e. The maximum Gasteiger partial charge on any atom is 0.0351 e. The minimum absolute atomic E-state index is 0.731. The Kier molecular flexibility index (Phi) is 6.24. The van der Waals surface area contributed by atoms with Crippen molar-refractivity contribution in [2.75, 3.05) is 19.0 Å². The number of rotatable bonds is 7. The van der Waals surface area contributed by atoms with Gasteiger partial charge in [0.2, 0.25) is 0 Å². The first-order valence-electron chi connectivity index (χ1n) is 5.17. The average Bonchev–Trinajstić information content (AvgIpc) is 2.67. The topological polar surface area (TPSA) is 3.24 Å². The monoisotopic (exact) mass is 231 g/mol. The van der Waals surface area contributed by atoms with Crippen molar-refractivity contribution < 1.29 is 0 Å². The molecule has 0 bridgehead atoms. The lowest BCUT2D eigenvalue weighted by molar-refractivity contribution is 0.279. The number of nitrogens with zero attached hydrogens (tertiary/aromatic N) is 1. The van der Waals surface area contributed by atoms with Crippen molar-refractivity contribution in [3.63, 3.8) is 0 Å². The van der Waals surface area contributed by atoms with Gasteiger partial charge in [0.25, 0.3) is 0 Å². The second kappa shape index (κ2) is 7.27. The molecule has 0 aliphatic rings. The molecule has 1 rings (SSSR count). The Morgan fingerprint density at radius 1 is 1.43 bits per heavy atom. The molecule has 0 N–H and O–H groups in total. The lowest BCUT2D eigenvalue weighted by Gasteiger charge is -2.19. The third-order valence-corrected chi connectivity index (χ3v) is 3.22. The molecule has 14 heavy (non-hydrogen) atoms. The number of hydrogen-bond donors (Lipinski definition) is 0. The van der Waals surface area contributed by atoms with E-state index in [1.54, 1.807) is 0 Å². The van der Waals surface area contributed by atoms with Gasteiger partial charge < -0.3 is 0 Å². The van der Waals surface area contributed by atoms with Crippen molar-refractivity contribution in [2.45, 2.75) is 26.3 Å². The Bertz CT molecular complexity index is 223. The van der Waals surface area contributed by atoms with Crippen LogP contribution < -0.4 is 0 Å². The molecule has 0 saturated heterocycles. The molecule has 0 saturated carbocycles. The second-order valence-electron chi connectivity index (χ2n) is 3.40. The highest BCUT2D eigenvalue weighted by atomic mass is 35.5. The molecule has 0 aromatic carbocycles. The fourth-order valence-corrected chi connectivity index (χ4v) is 2.38. The summed E-state index contributed by atoms with van der Waals surface area (Å²) in [6.45, 7) is 5.45. The van der Waals surface area contributed by atoms with Crippen LogP contribution in [0.4, 0.5) is 0 Å². The predicted molar refractivity (Wildman–Crippen MR) is 65.2 cm³/mol. The fourth-order valence-electron chi connectivity index (χ4n) is 1.39. The van der Waals surface area contributed by atoms with Crippen LogP contribution in [0.5, 0.6) is 0 Å². The number of unbranched alkanes of at least 4 members (excludes halogenated alkanes) is 1. The van der Waals surface area contributed by atoms with E-state index < -0.39 is 0 Å². The molecular formula is C11H18ClNS. The van der Waals surface area contributed by atoms with Crippen LogP contribution in [0.2, 0.25) is 0 Å². The normalized spacial score (nSPS) is 11.1. The quantitative estimate of drug-likeness (QED) is 0.649. The highest BCUT2D eigenvalue weighted by molar-refractivity contribution is 7.09. The molecule has 0 aliphatic heterocycles. The molecule has 0 atom stereocenters. The van der Waals surface area contributed by atoms with Gasteiger partial charge in [-0.05, 0) is 24.4 Å². The molecule has 0 unspecified atom stereocenters. The molecule has 1 heterocycles. The van der Waals surface area contributed by atoms with Crippen molar-refractivity contribution in [1.82, 2.24) is 4.90 Å². The number of halogens is 1. The van der Waals surface area contributed by atoms with Crippen LogP contribution in [0.15, 0.2) is 17.5 Å². The third kappa shape index (κ3) is 4.45. The van der Waals surface area contributed by atoms with Gasteiger partial charge >= 0.3 is 0 Å². The van der Waals surface area contributed by atoms with E-state index in [1.165, 1.54) is 24.3 Å². The molecule has 80 valence electrons. The van der Waals surface area contributed by atoms with E-state index in [4.69, 9.17) is 11.6 Å². The Morgan fingerprint density at radius 2 is 2.29 bits per heavy atom. The van der Waals surface area contributed by atoms with Crippen molar-refractivity contribution in [1.29, 1.82) is 0 Å². The number of thiophene rings is 1. The van der Waals surface area contributed by atoms with Crippen LogP contribution in [-0.4, -0.2) is 23.9 Å². The average molecular weight is 232 g/mol. The van der Waals surface area contributed by atoms with Gasteiger partial charge in [0.15, 0.2) is 0 Å². The molecule has 0 fully saturated rings. The molecular weight excluding hydrogens is 214 g/mol. The van der Waals surface area contributed by atoms with Gasteiger partial charge in [-0.3, -0.25) is 4.90 Å². The van der Waals surface area contributed by atoms with Crippen LogP contribution in [0.25, 0.3) is 0 Å². The zero-order valence-electron chi connectivity index (χ0n) is 8.71. The van der Waals surface area contributed by atoms with Crippen LogP contribution in [0, 0.1) is 0 Å². The standard InChI is InChI=1S/C11H18ClNS/c1-2-3-7-13(8-6-12)10-11-5-4-9-14-11/h4-5,9H,2-3,6-8,10H2,1H3. The molecule has 0 amide bonds. The number of alkyl halides is 1. The minimum atomic E-state index is 0.731. The first-order chi connectivity index (χ1) is 6.86. The van der Waals surface area contributed by atoms with Crippen LogP contribution >= 0.6 is 22.9 Å². The maximum absolute atomic E-state index is 5.78. The lowest BCUT2D eigenvalue weighted by atomic mass is 10.3. The molecule has 0 aliphatic carbocycles. The van der Waals surface area contributed by atoms with Gasteiger partial charge in [0.1, 0.15) is 0 Å². The van der Waals surface area contributed by atoms with E-state index in [-0.39, 0.29) is 0 Å². The van der Waals surface area contributed by atoms with Crippen molar-refractivity contribution in [2.24, 2.45) is 0 Å². The van der Waals surface area contributed by atoms with Gasteiger partial charge in [-0.2, -0.15) is 0 Å². The molecule has 0 radical (unpaired) electrons. The Labute approximate surface area is 95.7 Å². The molecule has 1 nitrogen and oxygen atoms in total. The summed E-state index contributed by atoms with van der Waals surface area (Å²) in [5, 5.41) is 2.13. The zero-order valence-corrected chi connectivity index (χ0v) is 10.3. The fraction of sp³-hybridized carbons (Fsp3) is 0.636. The summed E-state index contributed by atoms with van der Waals surface area (Å²) < 4.78 is 0. The van der Waals surface area contributed by atoms with Gasteiger partial charge in [-0.1, -0.05) is 19.4 Å². The van der Waals surface area contributed by atoms with Crippen molar-refractivity contribution in [3.8, 4) is 0 Å². The van der Waals surface area contributed by atoms with Gasteiger partial charge in [-0.25, -0.2) is 0 Å². The second-order valence-corrected chi connectivity index (χ2v) is 4.81. The summed E-state index contributed by atoms with van der Waals surface area (Å²) in [5.74, 6) is 0.731. The molecule has 1 aromatic heterocycles. The summed E-state index contributed by atoms with van der Waals surface area (Å²) in [6.07, 6.45) is 2.52. The van der Waals surface area contributed by atoms with E-state index in [2.05, 4.69) is 29.3 Å². The summed E-state index contributed by atoms with van der Waals surface area (Å²) in [5.41, 5.74) is 0. The van der Waals surface area contributed by atoms with Gasteiger partial charge in [0.05, 0.1) is 0 Å². The van der Waals surface area contributed by atoms with Crippen molar-refractivity contribution >= 4 is 22.9 Å². The van der Waals surface area contributed by atoms with E-state index in [1.807, 2.05) is 11.3 Å². The number of hydrogen-bond acceptors (Lipinski definition) is 2. The highest BCUT2D eigenvalue weighted by Gasteiger charge is 2.04. The van der Waals surface area contributed by atoms with Gasteiger partial charge in [-0.15, -0.1) is 22.9 Å². The molecule has 1 aromatic rings. The minimum Gasteiger partial charge on any atom is -0.297 e. The third-order valence-electron chi connectivity index (χ3n) is 2.19. The van der Waals surface area contributed by atoms with Crippen LogP contribution in [-0.2, 0) is 6.54 Å². The lowest BCUT2D eigenvalue weighted by Crippen LogP contribution is -2.26. The summed E-state index contributed by atoms with van der Waals surface area (Å²) in [7, 11) is 0. The summed E-state index contributed by atoms with van der Waals surface area (Å²) >= 11 is 7.60. The van der Waals surface area contributed by atoms with Crippen LogP contribution in [0.1, 0.15) is 24.6 Å². The first kappa shape index (κ1) is 12.0. The Morgan fingerprint density at radius 3 is 2.86 bits per heavy atom. The highest BCUT2D eigenvalue weighted by Crippen LogP contribution is 2.12. The van der Waals surface area contributed by atoms with E-state index in [0.29, 0.717) is 0 Å². The van der Waals surface area contributed by atoms with E-state index in [9.17, 15) is 0 Å². The smallest absolute Gasteiger partial charge is 0.0351 e. The van der Waals surface area contributed by atoms with E-state index >= 15 is 0 Å². The summed E-state index contributed by atoms with van der Waals surface area (Å²) in [6, 6.07) is 4.30. The van der Waals surface area contributed by atoms with Crippen LogP contribution in [0.3, 0.4) is 0 Å². The van der Waals surface area contributed by atoms with E-state index in [0.717, 1.165) is 19.0 Å². The zero-order chi connectivity index (χ0) is 10.2. The predicted octanol–water partition coefficient (Wildman–Crippen LogP) is 3.59. The molecule has 0 spiro atoms. The molecule has 3 heteroatoms. The Hall–Kier alpha value is -0.0500. The Balaban J connectivity index is 2.34. The summed E-state index contributed by atoms with van der Waals surface area (Å²) in [4.78, 5) is 3.87. The van der Waals surface area contributed by atoms with Crippen molar-refractivity contribution in [3.05, 3.63) is 22.4 Å². The van der Waals surface area contributed by atoms with Gasteiger partial charge in [0, 0.05) is 23.8 Å². The maximum atomic E-state index is 5.78. The first-order valence-corrected chi connectivity index (χ1v) is 6.59. The SMILES string of the molecule is CCCCN(CCCl)Cc1cccs1.